The van der Waals surface area contributed by atoms with E-state index in [1.807, 2.05) is 13.8 Å². The van der Waals surface area contributed by atoms with Crippen molar-refractivity contribution in [1.29, 1.82) is 0 Å². The number of rotatable bonds is 9. The molecule has 0 fully saturated rings. The normalized spacial score (nSPS) is 13.4. The van der Waals surface area contributed by atoms with Gasteiger partial charge in [0.1, 0.15) is 0 Å². The number of carbonyl (C=O) groups excluding carboxylic acids is 1. The van der Waals surface area contributed by atoms with Crippen molar-refractivity contribution in [3.05, 3.63) is 0 Å². The average Bonchev–Trinajstić information content (AvgIpc) is 2.19. The maximum Gasteiger partial charge on any atom is 0.303 e. The smallest absolute Gasteiger partial charge is 0.303 e. The van der Waals surface area contributed by atoms with Crippen LogP contribution < -0.4 is 11.1 Å². The summed E-state index contributed by atoms with van der Waals surface area (Å²) >= 11 is 0. The molecular weight excluding hydrogens is 244 g/mol. The number of aliphatic carboxylic acids is 1. The van der Waals surface area contributed by atoms with Gasteiger partial charge in [0.2, 0.25) is 5.91 Å². The van der Waals surface area contributed by atoms with Gasteiger partial charge >= 0.3 is 5.97 Å². The standard InChI is InChI=1S/C14H28N2O3/c1-10(2)11(5-6-13(18)19)7-8-16-12(17)9-14(3,4)15/h10-11H,5-9,15H2,1-4H3,(H,16,17)(H,18,19). The van der Waals surface area contributed by atoms with Gasteiger partial charge in [-0.05, 0) is 38.5 Å². The molecule has 0 spiro atoms. The molecule has 0 saturated heterocycles. The van der Waals surface area contributed by atoms with Crippen LogP contribution in [0.4, 0.5) is 0 Å². The summed E-state index contributed by atoms with van der Waals surface area (Å²) < 4.78 is 0. The van der Waals surface area contributed by atoms with Crippen LogP contribution in [-0.4, -0.2) is 29.1 Å². The Morgan fingerprint density at radius 3 is 2.26 bits per heavy atom. The first-order valence-electron chi connectivity index (χ1n) is 6.89. The molecule has 0 aliphatic heterocycles. The Balaban J connectivity index is 3.99. The van der Waals surface area contributed by atoms with Crippen molar-refractivity contribution in [1.82, 2.24) is 5.32 Å². The zero-order chi connectivity index (χ0) is 15.1. The molecule has 0 aromatic heterocycles. The van der Waals surface area contributed by atoms with Crippen LogP contribution in [0.3, 0.4) is 0 Å². The highest BCUT2D eigenvalue weighted by atomic mass is 16.4. The van der Waals surface area contributed by atoms with E-state index in [1.54, 1.807) is 0 Å². The van der Waals surface area contributed by atoms with Gasteiger partial charge in [-0.3, -0.25) is 9.59 Å². The largest absolute Gasteiger partial charge is 0.481 e. The lowest BCUT2D eigenvalue weighted by molar-refractivity contribution is -0.137. The Hall–Kier alpha value is -1.10. The van der Waals surface area contributed by atoms with Gasteiger partial charge in [0, 0.05) is 24.9 Å². The number of carbonyl (C=O) groups is 2. The van der Waals surface area contributed by atoms with Crippen molar-refractivity contribution >= 4 is 11.9 Å². The summed E-state index contributed by atoms with van der Waals surface area (Å²) in [6.45, 7) is 8.37. The summed E-state index contributed by atoms with van der Waals surface area (Å²) in [7, 11) is 0. The monoisotopic (exact) mass is 272 g/mol. The van der Waals surface area contributed by atoms with Gasteiger partial charge in [0.05, 0.1) is 0 Å². The zero-order valence-corrected chi connectivity index (χ0v) is 12.5. The third-order valence-electron chi connectivity index (χ3n) is 3.13. The molecule has 0 bridgehead atoms. The fourth-order valence-electron chi connectivity index (χ4n) is 1.99. The maximum absolute atomic E-state index is 11.6. The first-order valence-corrected chi connectivity index (χ1v) is 6.89. The topological polar surface area (TPSA) is 92.4 Å². The van der Waals surface area contributed by atoms with Crippen LogP contribution in [0.5, 0.6) is 0 Å². The van der Waals surface area contributed by atoms with Crippen LogP contribution in [0.25, 0.3) is 0 Å². The minimum absolute atomic E-state index is 0.0479. The first kappa shape index (κ1) is 17.9. The first-order chi connectivity index (χ1) is 8.61. The second kappa shape index (κ2) is 8.15. The lowest BCUT2D eigenvalue weighted by Gasteiger charge is -2.21. The molecule has 1 unspecified atom stereocenters. The van der Waals surface area contributed by atoms with Gasteiger partial charge in [-0.1, -0.05) is 13.8 Å². The van der Waals surface area contributed by atoms with E-state index in [1.165, 1.54) is 0 Å². The quantitative estimate of drug-likeness (QED) is 0.596. The van der Waals surface area contributed by atoms with Crippen molar-refractivity contribution in [3.8, 4) is 0 Å². The maximum atomic E-state index is 11.6. The van der Waals surface area contributed by atoms with E-state index in [0.717, 1.165) is 6.42 Å². The SMILES string of the molecule is CC(C)C(CCNC(=O)CC(C)(C)N)CCC(=O)O. The lowest BCUT2D eigenvalue weighted by atomic mass is 9.88. The third kappa shape index (κ3) is 10.5. The Labute approximate surface area is 115 Å². The molecule has 1 amide bonds. The molecule has 0 aromatic carbocycles. The van der Waals surface area contributed by atoms with E-state index in [4.69, 9.17) is 10.8 Å². The van der Waals surface area contributed by atoms with Gasteiger partial charge in [-0.15, -0.1) is 0 Å². The molecule has 112 valence electrons. The van der Waals surface area contributed by atoms with E-state index < -0.39 is 11.5 Å². The molecular formula is C14H28N2O3. The molecule has 19 heavy (non-hydrogen) atoms. The second-order valence-electron chi connectivity index (χ2n) is 6.24. The number of nitrogens with one attached hydrogen (secondary N) is 1. The van der Waals surface area contributed by atoms with Crippen LogP contribution in [0.1, 0.15) is 53.4 Å². The summed E-state index contributed by atoms with van der Waals surface area (Å²) in [5.74, 6) is -0.0719. The van der Waals surface area contributed by atoms with E-state index in [2.05, 4.69) is 19.2 Å². The zero-order valence-electron chi connectivity index (χ0n) is 12.5. The van der Waals surface area contributed by atoms with Crippen molar-refractivity contribution < 1.29 is 14.7 Å². The van der Waals surface area contributed by atoms with Gasteiger partial charge in [-0.2, -0.15) is 0 Å². The molecule has 0 rings (SSSR count). The number of hydrogen-bond acceptors (Lipinski definition) is 3. The van der Waals surface area contributed by atoms with Crippen molar-refractivity contribution in [3.63, 3.8) is 0 Å². The number of carboxylic acid groups (broad SMARTS) is 1. The number of amides is 1. The van der Waals surface area contributed by atoms with Crippen molar-refractivity contribution in [2.24, 2.45) is 17.6 Å². The highest BCUT2D eigenvalue weighted by Gasteiger charge is 2.18. The minimum atomic E-state index is -0.764. The van der Waals surface area contributed by atoms with Crippen LogP contribution in [0.2, 0.25) is 0 Å². The van der Waals surface area contributed by atoms with E-state index in [9.17, 15) is 9.59 Å². The Morgan fingerprint density at radius 1 is 1.26 bits per heavy atom. The van der Waals surface area contributed by atoms with Crippen LogP contribution in [-0.2, 0) is 9.59 Å². The average molecular weight is 272 g/mol. The molecule has 4 N–H and O–H groups in total. The van der Waals surface area contributed by atoms with E-state index in [0.29, 0.717) is 31.2 Å². The fourth-order valence-corrected chi connectivity index (χ4v) is 1.99. The number of carboxylic acids is 1. The molecule has 0 saturated carbocycles. The summed E-state index contributed by atoms with van der Waals surface area (Å²) in [5, 5.41) is 11.5. The second-order valence-corrected chi connectivity index (χ2v) is 6.24. The summed E-state index contributed by atoms with van der Waals surface area (Å²) in [4.78, 5) is 22.2. The van der Waals surface area contributed by atoms with Gasteiger partial charge < -0.3 is 16.2 Å². The van der Waals surface area contributed by atoms with Gasteiger partial charge in [0.25, 0.3) is 0 Å². The van der Waals surface area contributed by atoms with E-state index >= 15 is 0 Å². The van der Waals surface area contributed by atoms with Gasteiger partial charge in [0.15, 0.2) is 0 Å². The minimum Gasteiger partial charge on any atom is -0.481 e. The Bertz CT molecular complexity index is 296. The summed E-state index contributed by atoms with van der Waals surface area (Å²) in [6, 6.07) is 0. The predicted octanol–water partition coefficient (Wildman–Crippen LogP) is 1.76. The van der Waals surface area contributed by atoms with Crippen LogP contribution in [0, 0.1) is 11.8 Å². The molecule has 1 atom stereocenters. The molecule has 0 aromatic rings. The predicted molar refractivity (Wildman–Crippen MR) is 75.7 cm³/mol. The summed E-state index contributed by atoms with van der Waals surface area (Å²) in [5.41, 5.74) is 5.28. The third-order valence-corrected chi connectivity index (χ3v) is 3.13. The van der Waals surface area contributed by atoms with E-state index in [-0.39, 0.29) is 12.3 Å². The lowest BCUT2D eigenvalue weighted by Crippen LogP contribution is -2.39. The van der Waals surface area contributed by atoms with Gasteiger partial charge in [-0.25, -0.2) is 0 Å². The highest BCUT2D eigenvalue weighted by Crippen LogP contribution is 2.20. The molecule has 0 radical (unpaired) electrons. The molecule has 0 aliphatic carbocycles. The number of hydrogen-bond donors (Lipinski definition) is 3. The molecule has 5 nitrogen and oxygen atoms in total. The number of nitrogens with two attached hydrogens (primary N) is 1. The van der Waals surface area contributed by atoms with Crippen LogP contribution in [0.15, 0.2) is 0 Å². The molecule has 5 heteroatoms. The Morgan fingerprint density at radius 2 is 1.84 bits per heavy atom. The highest BCUT2D eigenvalue weighted by molar-refractivity contribution is 5.77. The Kier molecular flexibility index (Phi) is 7.68. The summed E-state index contributed by atoms with van der Waals surface area (Å²) in [6.07, 6.45) is 1.95. The van der Waals surface area contributed by atoms with Crippen molar-refractivity contribution in [2.75, 3.05) is 6.54 Å². The molecule has 0 aliphatic rings. The van der Waals surface area contributed by atoms with Crippen molar-refractivity contribution in [2.45, 2.75) is 58.9 Å². The molecule has 0 heterocycles. The van der Waals surface area contributed by atoms with Crippen LogP contribution >= 0.6 is 0 Å². The fraction of sp³-hybridized carbons (Fsp3) is 0.857.